The van der Waals surface area contributed by atoms with Gasteiger partial charge in [-0.15, -0.1) is 0 Å². The van der Waals surface area contributed by atoms with Gasteiger partial charge in [-0.3, -0.25) is 19.3 Å². The highest BCUT2D eigenvalue weighted by molar-refractivity contribution is 6.34. The number of halogens is 2. The third kappa shape index (κ3) is 7.54. The number of anilines is 2. The zero-order valence-electron chi connectivity index (χ0n) is 25.8. The number of imide groups is 1. The molecule has 0 aromatic heterocycles. The monoisotopic (exact) mass is 632 g/mol. The number of fused-ring (bicyclic) bond motifs is 1. The van der Waals surface area contributed by atoms with E-state index >= 15 is 0 Å². The Morgan fingerprint density at radius 1 is 1.04 bits per heavy atom. The number of nitrogens with one attached hydrogen (secondary N) is 2. The first-order chi connectivity index (χ1) is 21.6. The highest BCUT2D eigenvalue weighted by Crippen LogP contribution is 2.48. The summed E-state index contributed by atoms with van der Waals surface area (Å²) < 4.78 is 19.2. The van der Waals surface area contributed by atoms with Crippen molar-refractivity contribution in [3.63, 3.8) is 0 Å². The second kappa shape index (κ2) is 13.8. The van der Waals surface area contributed by atoms with E-state index in [-0.39, 0.29) is 45.5 Å². The molecule has 1 heterocycles. The normalized spacial score (nSPS) is 18.3. The summed E-state index contributed by atoms with van der Waals surface area (Å²) in [5.41, 5.74) is 4.10. The third-order valence-corrected chi connectivity index (χ3v) is 8.94. The summed E-state index contributed by atoms with van der Waals surface area (Å²) in [6.07, 6.45) is 6.27. The van der Waals surface area contributed by atoms with E-state index in [4.69, 9.17) is 16.3 Å². The van der Waals surface area contributed by atoms with E-state index in [2.05, 4.69) is 28.8 Å². The Kier molecular flexibility index (Phi) is 9.90. The highest BCUT2D eigenvalue weighted by Gasteiger charge is 2.38. The lowest BCUT2D eigenvalue weighted by molar-refractivity contribution is -0.123. The molecule has 1 aliphatic heterocycles. The van der Waals surface area contributed by atoms with Gasteiger partial charge in [0, 0.05) is 37.0 Å². The van der Waals surface area contributed by atoms with E-state index in [9.17, 15) is 18.8 Å². The fourth-order valence-corrected chi connectivity index (χ4v) is 6.39. The summed E-state index contributed by atoms with van der Waals surface area (Å²) in [5.74, 6) is -1.84. The van der Waals surface area contributed by atoms with Crippen molar-refractivity contribution in [1.82, 2.24) is 9.80 Å². The molecule has 3 aromatic rings. The van der Waals surface area contributed by atoms with Gasteiger partial charge in [0.25, 0.3) is 17.7 Å². The van der Waals surface area contributed by atoms with Crippen LogP contribution in [0.3, 0.4) is 0 Å². The Labute approximate surface area is 268 Å². The van der Waals surface area contributed by atoms with E-state index in [1.807, 2.05) is 25.1 Å². The van der Waals surface area contributed by atoms with Crippen LogP contribution in [0.4, 0.5) is 15.8 Å². The molecule has 0 bridgehead atoms. The molecule has 10 heteroatoms. The molecule has 1 unspecified atom stereocenters. The molecule has 1 atom stereocenters. The van der Waals surface area contributed by atoms with Gasteiger partial charge in [-0.25, -0.2) is 4.39 Å². The number of nitrogens with zero attached hydrogens (tertiary/aromatic N) is 2. The van der Waals surface area contributed by atoms with Crippen molar-refractivity contribution in [3.05, 3.63) is 99.8 Å². The second-order valence-electron chi connectivity index (χ2n) is 12.1. The smallest absolute Gasteiger partial charge is 0.260 e. The minimum atomic E-state index is -0.631. The van der Waals surface area contributed by atoms with Crippen LogP contribution in [0.2, 0.25) is 5.02 Å². The van der Waals surface area contributed by atoms with Gasteiger partial charge in [-0.05, 0) is 99.6 Å². The molecule has 1 spiro atoms. The van der Waals surface area contributed by atoms with Gasteiger partial charge < -0.3 is 20.3 Å². The zero-order valence-corrected chi connectivity index (χ0v) is 26.5. The lowest BCUT2D eigenvalue weighted by Crippen LogP contribution is -2.40. The van der Waals surface area contributed by atoms with Gasteiger partial charge in [0.15, 0.2) is 0 Å². The Morgan fingerprint density at radius 3 is 2.62 bits per heavy atom. The van der Waals surface area contributed by atoms with Gasteiger partial charge in [0.05, 0.1) is 23.4 Å². The van der Waals surface area contributed by atoms with Gasteiger partial charge in [-0.2, -0.15) is 0 Å². The van der Waals surface area contributed by atoms with Crippen molar-refractivity contribution in [2.24, 2.45) is 5.41 Å². The minimum absolute atomic E-state index is 0.0367. The standard InChI is InChI=1S/C35H38ClFN4O4/c1-40(2)16-17-41(32(42)18-23-12-13-35(21-23)14-15-38-29-7-5-4-6-25(29)22-35)34(44)24-8-11-30(31(19-24)45-3)39-33(43)27-20-26(37)9-10-28(27)36/h4-11,18-20,38H,12-17,21-22H2,1-3H3,(H,39,43). The lowest BCUT2D eigenvalue weighted by Gasteiger charge is -2.27. The van der Waals surface area contributed by atoms with E-state index in [0.29, 0.717) is 6.54 Å². The van der Waals surface area contributed by atoms with Crippen molar-refractivity contribution in [1.29, 1.82) is 0 Å². The van der Waals surface area contributed by atoms with Crippen molar-refractivity contribution >= 4 is 40.7 Å². The molecule has 0 saturated heterocycles. The number of para-hydroxylation sites is 1. The topological polar surface area (TPSA) is 91.0 Å². The van der Waals surface area contributed by atoms with E-state index in [1.165, 1.54) is 47.5 Å². The Morgan fingerprint density at radius 2 is 1.84 bits per heavy atom. The predicted octanol–water partition coefficient (Wildman–Crippen LogP) is 6.43. The van der Waals surface area contributed by atoms with Crippen molar-refractivity contribution in [2.45, 2.75) is 32.1 Å². The van der Waals surface area contributed by atoms with Crippen molar-refractivity contribution in [3.8, 4) is 5.75 Å². The molecule has 1 aliphatic carbocycles. The van der Waals surface area contributed by atoms with Crippen LogP contribution in [0.1, 0.15) is 52.0 Å². The average Bonchev–Trinajstić information content (AvgIpc) is 3.30. The summed E-state index contributed by atoms with van der Waals surface area (Å²) in [6, 6.07) is 16.4. The van der Waals surface area contributed by atoms with Crippen LogP contribution in [0.5, 0.6) is 5.75 Å². The lowest BCUT2D eigenvalue weighted by atomic mass is 9.77. The summed E-state index contributed by atoms with van der Waals surface area (Å²) in [6.45, 7) is 1.59. The first-order valence-corrected chi connectivity index (χ1v) is 15.4. The molecule has 236 valence electrons. The maximum atomic E-state index is 13.8. The summed E-state index contributed by atoms with van der Waals surface area (Å²) in [7, 11) is 5.18. The molecule has 5 rings (SSSR count). The Balaban J connectivity index is 1.34. The molecule has 8 nitrogen and oxygen atoms in total. The van der Waals surface area contributed by atoms with Crippen LogP contribution in [0.25, 0.3) is 0 Å². The van der Waals surface area contributed by atoms with Crippen molar-refractivity contribution in [2.75, 3.05) is 51.5 Å². The fraction of sp³-hybridized carbons (Fsp3) is 0.343. The molecule has 2 N–H and O–H groups in total. The van der Waals surface area contributed by atoms with Gasteiger partial charge in [0.2, 0.25) is 0 Å². The van der Waals surface area contributed by atoms with Crippen LogP contribution in [0.15, 0.2) is 72.3 Å². The molecular weight excluding hydrogens is 595 g/mol. The number of carbonyl (C=O) groups is 3. The van der Waals surface area contributed by atoms with Gasteiger partial charge in [0.1, 0.15) is 11.6 Å². The average molecular weight is 633 g/mol. The molecule has 0 radical (unpaired) electrons. The minimum Gasteiger partial charge on any atom is -0.495 e. The van der Waals surface area contributed by atoms with Crippen LogP contribution < -0.4 is 15.4 Å². The zero-order chi connectivity index (χ0) is 32.1. The number of likely N-dealkylation sites (N-methyl/N-ethyl adjacent to an activating group) is 1. The molecule has 1 saturated carbocycles. The highest BCUT2D eigenvalue weighted by atomic mass is 35.5. The molecule has 3 aromatic carbocycles. The molecule has 1 fully saturated rings. The van der Waals surface area contributed by atoms with Crippen LogP contribution in [-0.2, 0) is 11.2 Å². The number of allylic oxidation sites excluding steroid dienone is 1. The second-order valence-corrected chi connectivity index (χ2v) is 12.5. The van der Waals surface area contributed by atoms with Gasteiger partial charge in [-0.1, -0.05) is 35.4 Å². The van der Waals surface area contributed by atoms with Crippen LogP contribution in [-0.4, -0.2) is 68.4 Å². The number of methoxy groups -OCH3 is 1. The maximum Gasteiger partial charge on any atom is 0.260 e. The number of ether oxygens (including phenoxy) is 1. The summed E-state index contributed by atoms with van der Waals surface area (Å²) in [5, 5.41) is 6.31. The Hall–Kier alpha value is -4.21. The van der Waals surface area contributed by atoms with Crippen LogP contribution in [0, 0.1) is 11.2 Å². The number of amides is 3. The van der Waals surface area contributed by atoms with E-state index in [1.54, 1.807) is 6.08 Å². The molecular formula is C35H38ClFN4O4. The summed E-state index contributed by atoms with van der Waals surface area (Å²) >= 11 is 6.09. The first-order valence-electron chi connectivity index (χ1n) is 15.0. The number of carbonyl (C=O) groups excluding carboxylic acids is 3. The number of benzene rings is 3. The van der Waals surface area contributed by atoms with Gasteiger partial charge >= 0.3 is 0 Å². The largest absolute Gasteiger partial charge is 0.495 e. The SMILES string of the molecule is COc1cc(C(=O)N(CCN(C)C)C(=O)C=C2CCC3(CCNc4ccccc4C3)C2)ccc1NC(=O)c1cc(F)ccc1Cl. The first kappa shape index (κ1) is 32.2. The van der Waals surface area contributed by atoms with Crippen LogP contribution >= 0.6 is 11.6 Å². The number of rotatable bonds is 8. The molecule has 2 aliphatic rings. The quantitative estimate of drug-likeness (QED) is 0.278. The number of hydrogen-bond acceptors (Lipinski definition) is 6. The maximum absolute atomic E-state index is 13.8. The molecule has 3 amide bonds. The summed E-state index contributed by atoms with van der Waals surface area (Å²) in [4.78, 5) is 43.5. The van der Waals surface area contributed by atoms with Crippen molar-refractivity contribution < 1.29 is 23.5 Å². The third-order valence-electron chi connectivity index (χ3n) is 8.61. The number of hydrogen-bond donors (Lipinski definition) is 2. The van der Waals surface area contributed by atoms with E-state index < -0.39 is 17.6 Å². The fourth-order valence-electron chi connectivity index (χ4n) is 6.18. The Bertz CT molecular complexity index is 1640. The molecule has 45 heavy (non-hydrogen) atoms. The predicted molar refractivity (Wildman–Crippen MR) is 175 cm³/mol. The van der Waals surface area contributed by atoms with E-state index in [0.717, 1.165) is 56.4 Å².